The summed E-state index contributed by atoms with van der Waals surface area (Å²) in [5, 5.41) is 5.27. The topological polar surface area (TPSA) is 58.6 Å². The average molecular weight is 455 g/mol. The second-order valence-electron chi connectivity index (χ2n) is 9.09. The molecule has 1 aromatic heterocycles. The fourth-order valence-corrected chi connectivity index (χ4v) is 5.47. The van der Waals surface area contributed by atoms with Crippen LogP contribution >= 0.6 is 11.3 Å². The van der Waals surface area contributed by atoms with Gasteiger partial charge in [0.15, 0.2) is 0 Å². The van der Waals surface area contributed by atoms with Crippen LogP contribution in [0.5, 0.6) is 0 Å². The number of rotatable bonds is 8. The molecule has 32 heavy (non-hydrogen) atoms. The van der Waals surface area contributed by atoms with Gasteiger partial charge in [-0.25, -0.2) is 0 Å². The van der Waals surface area contributed by atoms with Crippen molar-refractivity contribution in [2.45, 2.75) is 76.5 Å². The molecule has 2 heterocycles. The molecule has 2 fully saturated rings. The second kappa shape index (κ2) is 11.1. The molecule has 1 saturated carbocycles. The Kier molecular flexibility index (Phi) is 7.98. The Bertz CT molecular complexity index is 869. The van der Waals surface area contributed by atoms with Gasteiger partial charge in [0, 0.05) is 24.1 Å². The first-order valence-electron chi connectivity index (χ1n) is 11.9. The van der Waals surface area contributed by atoms with Gasteiger partial charge >= 0.3 is 0 Å². The molecule has 2 atom stereocenters. The maximum atomic E-state index is 13.7. The van der Waals surface area contributed by atoms with Crippen molar-refractivity contribution < 1.29 is 14.3 Å². The van der Waals surface area contributed by atoms with Crippen LogP contribution in [-0.2, 0) is 20.7 Å². The van der Waals surface area contributed by atoms with Crippen LogP contribution < -0.4 is 5.32 Å². The summed E-state index contributed by atoms with van der Waals surface area (Å²) in [5.41, 5.74) is 2.00. The van der Waals surface area contributed by atoms with Crippen LogP contribution in [0.25, 0.3) is 0 Å². The molecule has 2 aromatic rings. The van der Waals surface area contributed by atoms with Crippen molar-refractivity contribution in [2.24, 2.45) is 0 Å². The molecule has 0 radical (unpaired) electrons. The molecule has 2 amide bonds. The molecule has 1 aromatic carbocycles. The van der Waals surface area contributed by atoms with E-state index in [9.17, 15) is 9.59 Å². The Hall–Kier alpha value is -2.18. The Morgan fingerprint density at radius 1 is 1.09 bits per heavy atom. The number of amides is 2. The predicted molar refractivity (Wildman–Crippen MR) is 128 cm³/mol. The van der Waals surface area contributed by atoms with Crippen molar-refractivity contribution in [3.63, 3.8) is 0 Å². The number of nitrogens with one attached hydrogen (secondary N) is 1. The van der Waals surface area contributed by atoms with Crippen LogP contribution in [-0.4, -0.2) is 42.0 Å². The van der Waals surface area contributed by atoms with Crippen LogP contribution in [0.1, 0.15) is 67.0 Å². The Balaban J connectivity index is 1.62. The zero-order chi connectivity index (χ0) is 22.3. The lowest BCUT2D eigenvalue weighted by molar-refractivity contribution is -0.142. The van der Waals surface area contributed by atoms with Gasteiger partial charge in [-0.3, -0.25) is 9.59 Å². The van der Waals surface area contributed by atoms with Gasteiger partial charge in [0.1, 0.15) is 6.04 Å². The summed E-state index contributed by atoms with van der Waals surface area (Å²) < 4.78 is 5.88. The molecular formula is C26H34N2O3S. The maximum absolute atomic E-state index is 13.7. The van der Waals surface area contributed by atoms with E-state index in [0.717, 1.165) is 61.1 Å². The molecule has 1 N–H and O–H groups in total. The molecular weight excluding hydrogens is 420 g/mol. The van der Waals surface area contributed by atoms with Gasteiger partial charge in [0.25, 0.3) is 0 Å². The first-order valence-corrected chi connectivity index (χ1v) is 12.8. The first kappa shape index (κ1) is 23.0. The van der Waals surface area contributed by atoms with Gasteiger partial charge in [-0.1, -0.05) is 55.2 Å². The van der Waals surface area contributed by atoms with Crippen molar-refractivity contribution >= 4 is 23.2 Å². The summed E-state index contributed by atoms with van der Waals surface area (Å²) in [5.74, 6) is -0.0920. The zero-order valence-electron chi connectivity index (χ0n) is 18.9. The number of benzene rings is 1. The van der Waals surface area contributed by atoms with Gasteiger partial charge in [-0.15, -0.1) is 11.3 Å². The molecule has 5 nitrogen and oxygen atoms in total. The Morgan fingerprint density at radius 2 is 1.88 bits per heavy atom. The SMILES string of the molecule is Cc1ccc([C@H](C(=O)NC2CCCCC2)N(C[C@@H]2CCCO2)C(=O)Cc2cccs2)cc1. The molecule has 0 bridgehead atoms. The lowest BCUT2D eigenvalue weighted by Crippen LogP contribution is -2.49. The van der Waals surface area contributed by atoms with Crippen LogP contribution in [0.15, 0.2) is 41.8 Å². The summed E-state index contributed by atoms with van der Waals surface area (Å²) >= 11 is 1.58. The van der Waals surface area contributed by atoms with Crippen molar-refractivity contribution in [3.05, 3.63) is 57.8 Å². The smallest absolute Gasteiger partial charge is 0.247 e. The molecule has 2 aliphatic rings. The van der Waals surface area contributed by atoms with Gasteiger partial charge in [-0.2, -0.15) is 0 Å². The highest BCUT2D eigenvalue weighted by Crippen LogP contribution is 2.27. The molecule has 172 valence electrons. The predicted octanol–water partition coefficient (Wildman–Crippen LogP) is 4.80. The van der Waals surface area contributed by atoms with Crippen LogP contribution in [0.3, 0.4) is 0 Å². The van der Waals surface area contributed by atoms with Crippen molar-refractivity contribution in [1.82, 2.24) is 10.2 Å². The second-order valence-corrected chi connectivity index (χ2v) is 10.1. The highest BCUT2D eigenvalue weighted by Gasteiger charge is 2.35. The summed E-state index contributed by atoms with van der Waals surface area (Å²) in [6.45, 7) is 3.20. The number of hydrogen-bond donors (Lipinski definition) is 1. The number of hydrogen-bond acceptors (Lipinski definition) is 4. The summed E-state index contributed by atoms with van der Waals surface area (Å²) in [6.07, 6.45) is 7.78. The zero-order valence-corrected chi connectivity index (χ0v) is 19.7. The number of aryl methyl sites for hydroxylation is 1. The number of carbonyl (C=O) groups is 2. The van der Waals surface area contributed by atoms with Crippen LogP contribution in [0.2, 0.25) is 0 Å². The van der Waals surface area contributed by atoms with Gasteiger partial charge < -0.3 is 15.0 Å². The Morgan fingerprint density at radius 3 is 2.53 bits per heavy atom. The van der Waals surface area contributed by atoms with E-state index in [1.54, 1.807) is 16.2 Å². The van der Waals surface area contributed by atoms with Gasteiger partial charge in [0.05, 0.1) is 12.5 Å². The largest absolute Gasteiger partial charge is 0.376 e. The molecule has 1 aliphatic heterocycles. The lowest BCUT2D eigenvalue weighted by Gasteiger charge is -2.34. The minimum atomic E-state index is -0.644. The lowest BCUT2D eigenvalue weighted by atomic mass is 9.94. The molecule has 0 spiro atoms. The van der Waals surface area contributed by atoms with E-state index in [1.165, 1.54) is 6.42 Å². The third kappa shape index (κ3) is 5.99. The Labute approximate surface area is 195 Å². The van der Waals surface area contributed by atoms with Gasteiger partial charge in [-0.05, 0) is 49.6 Å². The van der Waals surface area contributed by atoms with Crippen LogP contribution in [0.4, 0.5) is 0 Å². The third-order valence-corrected chi connectivity index (χ3v) is 7.43. The van der Waals surface area contributed by atoms with E-state index < -0.39 is 6.04 Å². The van der Waals surface area contributed by atoms with E-state index in [-0.39, 0.29) is 24.0 Å². The summed E-state index contributed by atoms with van der Waals surface area (Å²) in [7, 11) is 0. The minimum absolute atomic E-state index is 0.0160. The van der Waals surface area contributed by atoms with Gasteiger partial charge in [0.2, 0.25) is 11.8 Å². The van der Waals surface area contributed by atoms with Crippen LogP contribution in [0, 0.1) is 6.92 Å². The van der Waals surface area contributed by atoms with E-state index in [2.05, 4.69) is 5.32 Å². The standard InChI is InChI=1S/C26H34N2O3S/c1-19-11-13-20(14-12-19)25(26(30)27-21-7-3-2-4-8-21)28(18-22-9-5-15-31-22)24(29)17-23-10-6-16-32-23/h6,10-14,16,21-22,25H,2-5,7-9,15,17-18H2,1H3,(H,27,30)/t22-,25+/m0/s1. The van der Waals surface area contributed by atoms with E-state index in [4.69, 9.17) is 4.74 Å². The molecule has 6 heteroatoms. The van der Waals surface area contributed by atoms with E-state index in [0.29, 0.717) is 13.0 Å². The third-order valence-electron chi connectivity index (χ3n) is 6.55. The monoisotopic (exact) mass is 454 g/mol. The molecule has 1 saturated heterocycles. The van der Waals surface area contributed by atoms with Crippen molar-refractivity contribution in [1.29, 1.82) is 0 Å². The first-order chi connectivity index (χ1) is 15.6. The quantitative estimate of drug-likeness (QED) is 0.623. The maximum Gasteiger partial charge on any atom is 0.247 e. The molecule has 0 unspecified atom stereocenters. The van der Waals surface area contributed by atoms with E-state index in [1.807, 2.05) is 48.7 Å². The highest BCUT2D eigenvalue weighted by atomic mass is 32.1. The average Bonchev–Trinajstić information content (AvgIpc) is 3.49. The van der Waals surface area contributed by atoms with Crippen molar-refractivity contribution in [3.8, 4) is 0 Å². The van der Waals surface area contributed by atoms with Crippen molar-refractivity contribution in [2.75, 3.05) is 13.2 Å². The number of nitrogens with zero attached hydrogens (tertiary/aromatic N) is 1. The molecule has 1 aliphatic carbocycles. The highest BCUT2D eigenvalue weighted by molar-refractivity contribution is 7.10. The van der Waals surface area contributed by atoms with E-state index >= 15 is 0 Å². The minimum Gasteiger partial charge on any atom is -0.376 e. The normalized spacial score (nSPS) is 20.1. The molecule has 4 rings (SSSR count). The summed E-state index contributed by atoms with van der Waals surface area (Å²) in [4.78, 5) is 30.0. The fourth-order valence-electron chi connectivity index (χ4n) is 4.77. The fraction of sp³-hybridized carbons (Fsp3) is 0.538. The number of carbonyl (C=O) groups excluding carboxylic acids is 2. The number of thiophene rings is 1. The number of ether oxygens (including phenoxy) is 1. The summed E-state index contributed by atoms with van der Waals surface area (Å²) in [6, 6.07) is 11.5.